The standard InChI is InChI=1S/C19H19N5OS/c1-13-12-16(18-21-8-11-26-18)23-17(22-13)14-4-9-24(10-5-14)19(25)15-2-6-20-7-3-15/h2-3,6-8,11-12,14H,4-5,9-10H2,1H3. The van der Waals surface area contributed by atoms with Crippen LogP contribution in [0.4, 0.5) is 0 Å². The first kappa shape index (κ1) is 16.8. The molecule has 0 radical (unpaired) electrons. The summed E-state index contributed by atoms with van der Waals surface area (Å²) in [7, 11) is 0. The zero-order valence-corrected chi connectivity index (χ0v) is 15.3. The maximum absolute atomic E-state index is 12.6. The van der Waals surface area contributed by atoms with Gasteiger partial charge >= 0.3 is 0 Å². The summed E-state index contributed by atoms with van der Waals surface area (Å²) in [5.74, 6) is 1.21. The first-order chi connectivity index (χ1) is 12.7. The predicted molar refractivity (Wildman–Crippen MR) is 100.0 cm³/mol. The monoisotopic (exact) mass is 365 g/mol. The Bertz CT molecular complexity index is 890. The van der Waals surface area contributed by atoms with Crippen LogP contribution in [0, 0.1) is 6.92 Å². The van der Waals surface area contributed by atoms with Crippen LogP contribution < -0.4 is 0 Å². The van der Waals surface area contributed by atoms with Crippen molar-refractivity contribution in [3.63, 3.8) is 0 Å². The van der Waals surface area contributed by atoms with Crippen LogP contribution in [0.1, 0.15) is 40.6 Å². The minimum absolute atomic E-state index is 0.0690. The van der Waals surface area contributed by atoms with E-state index in [9.17, 15) is 4.79 Å². The highest BCUT2D eigenvalue weighted by atomic mass is 32.1. The lowest BCUT2D eigenvalue weighted by molar-refractivity contribution is 0.0711. The number of rotatable bonds is 3. The maximum Gasteiger partial charge on any atom is 0.253 e. The first-order valence-electron chi connectivity index (χ1n) is 8.65. The van der Waals surface area contributed by atoms with Crippen molar-refractivity contribution in [3.8, 4) is 10.7 Å². The van der Waals surface area contributed by atoms with Crippen molar-refractivity contribution >= 4 is 17.2 Å². The van der Waals surface area contributed by atoms with Crippen LogP contribution in [0.2, 0.25) is 0 Å². The molecule has 1 saturated heterocycles. The van der Waals surface area contributed by atoms with E-state index in [1.807, 2.05) is 23.3 Å². The molecule has 1 aliphatic rings. The van der Waals surface area contributed by atoms with E-state index in [0.29, 0.717) is 5.56 Å². The third-order valence-corrected chi connectivity index (χ3v) is 5.39. The number of aryl methyl sites for hydroxylation is 1. The van der Waals surface area contributed by atoms with E-state index < -0.39 is 0 Å². The second-order valence-corrected chi connectivity index (χ2v) is 7.29. The fraction of sp³-hybridized carbons (Fsp3) is 0.316. The number of carbonyl (C=O) groups is 1. The second-order valence-electron chi connectivity index (χ2n) is 6.39. The Kier molecular flexibility index (Phi) is 4.71. The van der Waals surface area contributed by atoms with Crippen molar-refractivity contribution in [2.24, 2.45) is 0 Å². The molecule has 0 atom stereocenters. The van der Waals surface area contributed by atoms with Crippen LogP contribution >= 0.6 is 11.3 Å². The summed E-state index contributed by atoms with van der Waals surface area (Å²) in [6.07, 6.45) is 6.84. The molecule has 4 rings (SSSR count). The molecule has 0 aliphatic carbocycles. The van der Waals surface area contributed by atoms with Crippen LogP contribution in [0.5, 0.6) is 0 Å². The van der Waals surface area contributed by atoms with E-state index in [4.69, 9.17) is 4.98 Å². The van der Waals surface area contributed by atoms with Crippen molar-refractivity contribution in [1.29, 1.82) is 0 Å². The molecular formula is C19H19N5OS. The molecule has 0 saturated carbocycles. The number of amides is 1. The van der Waals surface area contributed by atoms with Crippen LogP contribution in [0.15, 0.2) is 42.2 Å². The lowest BCUT2D eigenvalue weighted by Crippen LogP contribution is -2.38. The summed E-state index contributed by atoms with van der Waals surface area (Å²) in [5.41, 5.74) is 2.53. The molecule has 3 aromatic rings. The number of nitrogens with zero attached hydrogens (tertiary/aromatic N) is 5. The van der Waals surface area contributed by atoms with Crippen LogP contribution in [0.25, 0.3) is 10.7 Å². The summed E-state index contributed by atoms with van der Waals surface area (Å²) in [5, 5.41) is 2.87. The Labute approximate surface area is 156 Å². The molecule has 6 nitrogen and oxygen atoms in total. The fourth-order valence-electron chi connectivity index (χ4n) is 3.25. The Balaban J connectivity index is 1.47. The molecule has 3 aromatic heterocycles. The number of hydrogen-bond acceptors (Lipinski definition) is 6. The number of likely N-dealkylation sites (tertiary alicyclic amines) is 1. The highest BCUT2D eigenvalue weighted by molar-refractivity contribution is 7.13. The van der Waals surface area contributed by atoms with Crippen molar-refractivity contribution in [3.05, 3.63) is 59.3 Å². The van der Waals surface area contributed by atoms with Gasteiger partial charge in [0.15, 0.2) is 0 Å². The largest absolute Gasteiger partial charge is 0.339 e. The van der Waals surface area contributed by atoms with Gasteiger partial charge < -0.3 is 4.90 Å². The fourth-order valence-corrected chi connectivity index (χ4v) is 3.85. The van der Waals surface area contributed by atoms with Gasteiger partial charge in [-0.1, -0.05) is 0 Å². The Morgan fingerprint density at radius 2 is 1.92 bits per heavy atom. The molecular weight excluding hydrogens is 346 g/mol. The van der Waals surface area contributed by atoms with Gasteiger partial charge in [0, 0.05) is 54.2 Å². The number of aromatic nitrogens is 4. The quantitative estimate of drug-likeness (QED) is 0.712. The van der Waals surface area contributed by atoms with Crippen molar-refractivity contribution in [2.75, 3.05) is 13.1 Å². The van der Waals surface area contributed by atoms with E-state index >= 15 is 0 Å². The summed E-state index contributed by atoms with van der Waals surface area (Å²) in [6.45, 7) is 3.43. The number of thiazole rings is 1. The lowest BCUT2D eigenvalue weighted by atomic mass is 9.95. The highest BCUT2D eigenvalue weighted by Crippen LogP contribution is 2.29. The van der Waals surface area contributed by atoms with E-state index in [0.717, 1.165) is 48.2 Å². The van der Waals surface area contributed by atoms with Crippen molar-refractivity contribution < 1.29 is 4.79 Å². The number of piperidine rings is 1. The van der Waals surface area contributed by atoms with Gasteiger partial charge in [0.25, 0.3) is 5.91 Å². The number of pyridine rings is 1. The van der Waals surface area contributed by atoms with Gasteiger partial charge in [-0.05, 0) is 38.0 Å². The summed E-state index contributed by atoms with van der Waals surface area (Å²) in [6, 6.07) is 5.50. The molecule has 0 aromatic carbocycles. The smallest absolute Gasteiger partial charge is 0.253 e. The molecule has 1 aliphatic heterocycles. The third kappa shape index (κ3) is 3.48. The van der Waals surface area contributed by atoms with E-state index in [2.05, 4.69) is 15.0 Å². The molecule has 0 bridgehead atoms. The molecule has 132 valence electrons. The maximum atomic E-state index is 12.6. The molecule has 0 spiro atoms. The van der Waals surface area contributed by atoms with Gasteiger partial charge in [-0.15, -0.1) is 11.3 Å². The average molecular weight is 365 g/mol. The molecule has 1 fully saturated rings. The summed E-state index contributed by atoms with van der Waals surface area (Å²) in [4.78, 5) is 32.2. The van der Waals surface area contributed by atoms with E-state index in [-0.39, 0.29) is 11.8 Å². The summed E-state index contributed by atoms with van der Waals surface area (Å²) >= 11 is 1.58. The van der Waals surface area contributed by atoms with Gasteiger partial charge in [-0.2, -0.15) is 0 Å². The molecule has 26 heavy (non-hydrogen) atoms. The normalized spacial score (nSPS) is 15.2. The Morgan fingerprint density at radius 1 is 1.15 bits per heavy atom. The van der Waals surface area contributed by atoms with Gasteiger partial charge in [-0.25, -0.2) is 15.0 Å². The van der Waals surface area contributed by atoms with Gasteiger partial charge in [0.1, 0.15) is 16.5 Å². The minimum Gasteiger partial charge on any atom is -0.339 e. The van der Waals surface area contributed by atoms with Crippen LogP contribution in [0.3, 0.4) is 0 Å². The molecule has 4 heterocycles. The Morgan fingerprint density at radius 3 is 2.62 bits per heavy atom. The number of carbonyl (C=O) groups excluding carboxylic acids is 1. The molecule has 7 heteroatoms. The van der Waals surface area contributed by atoms with Gasteiger partial charge in [0.2, 0.25) is 0 Å². The van der Waals surface area contributed by atoms with E-state index in [1.165, 1.54) is 0 Å². The summed E-state index contributed by atoms with van der Waals surface area (Å²) < 4.78 is 0. The average Bonchev–Trinajstić information content (AvgIpc) is 3.23. The SMILES string of the molecule is Cc1cc(-c2nccs2)nc(C2CCN(C(=O)c3ccncc3)CC2)n1. The zero-order chi connectivity index (χ0) is 17.9. The zero-order valence-electron chi connectivity index (χ0n) is 14.5. The van der Waals surface area contributed by atoms with Crippen LogP contribution in [-0.2, 0) is 0 Å². The second kappa shape index (κ2) is 7.29. The molecule has 0 N–H and O–H groups in total. The Hall–Kier alpha value is -2.67. The van der Waals surface area contributed by atoms with Crippen molar-refractivity contribution in [2.45, 2.75) is 25.7 Å². The minimum atomic E-state index is 0.0690. The molecule has 1 amide bonds. The van der Waals surface area contributed by atoms with Gasteiger partial charge in [-0.3, -0.25) is 9.78 Å². The van der Waals surface area contributed by atoms with Crippen LogP contribution in [-0.4, -0.2) is 43.8 Å². The third-order valence-electron chi connectivity index (χ3n) is 4.60. The van der Waals surface area contributed by atoms with Crippen molar-refractivity contribution in [1.82, 2.24) is 24.8 Å². The number of hydrogen-bond donors (Lipinski definition) is 0. The van der Waals surface area contributed by atoms with Gasteiger partial charge in [0.05, 0.1) is 0 Å². The topological polar surface area (TPSA) is 71.9 Å². The van der Waals surface area contributed by atoms with E-state index in [1.54, 1.807) is 42.1 Å². The first-order valence-corrected chi connectivity index (χ1v) is 9.53. The predicted octanol–water partition coefficient (Wildman–Crippen LogP) is 3.32. The molecule has 0 unspecified atom stereocenters. The lowest BCUT2D eigenvalue weighted by Gasteiger charge is -2.31. The highest BCUT2D eigenvalue weighted by Gasteiger charge is 2.26.